The number of rotatable bonds is 8. The maximum atomic E-state index is 14.3. The van der Waals surface area contributed by atoms with E-state index in [1.54, 1.807) is 30.3 Å². The molecule has 0 aliphatic rings. The summed E-state index contributed by atoms with van der Waals surface area (Å²) in [4.78, 5) is 24.8. The molecule has 0 aliphatic carbocycles. The first-order valence-corrected chi connectivity index (χ1v) is 11.4. The third-order valence-corrected chi connectivity index (χ3v) is 6.70. The lowest BCUT2D eigenvalue weighted by molar-refractivity contribution is -0.116. The van der Waals surface area contributed by atoms with Crippen LogP contribution in [0.25, 0.3) is 0 Å². The molecule has 0 bridgehead atoms. The minimum atomic E-state index is -4.14. The minimum absolute atomic E-state index is 0.0211. The topological polar surface area (TPSA) is 92.8 Å². The Labute approximate surface area is 191 Å². The Hall–Kier alpha value is -3.56. The van der Waals surface area contributed by atoms with E-state index in [2.05, 4.69) is 5.32 Å². The highest BCUT2D eigenvalue weighted by molar-refractivity contribution is 7.89. The first-order valence-electron chi connectivity index (χ1n) is 10.00. The second kappa shape index (κ2) is 10.4. The van der Waals surface area contributed by atoms with Crippen molar-refractivity contribution in [3.05, 3.63) is 95.3 Å². The summed E-state index contributed by atoms with van der Waals surface area (Å²) in [6.07, 6.45) is 0. The number of halogens is 1. The van der Waals surface area contributed by atoms with Gasteiger partial charge < -0.3 is 10.1 Å². The van der Waals surface area contributed by atoms with Gasteiger partial charge in [-0.25, -0.2) is 17.6 Å². The van der Waals surface area contributed by atoms with E-state index in [9.17, 15) is 22.4 Å². The summed E-state index contributed by atoms with van der Waals surface area (Å²) in [5.41, 5.74) is 1.28. The van der Waals surface area contributed by atoms with Crippen LogP contribution >= 0.6 is 0 Å². The molecule has 0 aliphatic heterocycles. The number of anilines is 1. The second-order valence-electron chi connectivity index (χ2n) is 7.26. The quantitative estimate of drug-likeness (QED) is 0.506. The molecule has 172 valence electrons. The SMILES string of the molecule is COC(=O)c1ccccc1NC(=O)CN(Cc1ccccc1F)S(=O)(=O)c1ccc(C)cc1. The highest BCUT2D eigenvalue weighted by Gasteiger charge is 2.28. The number of para-hydroxylation sites is 1. The lowest BCUT2D eigenvalue weighted by Crippen LogP contribution is -2.38. The van der Waals surface area contributed by atoms with E-state index < -0.39 is 34.3 Å². The van der Waals surface area contributed by atoms with Gasteiger partial charge in [-0.1, -0.05) is 48.0 Å². The molecule has 0 saturated heterocycles. The predicted octanol–water partition coefficient (Wildman–Crippen LogP) is 3.75. The fourth-order valence-corrected chi connectivity index (χ4v) is 4.51. The molecule has 3 rings (SSSR count). The summed E-state index contributed by atoms with van der Waals surface area (Å²) < 4.78 is 46.5. The van der Waals surface area contributed by atoms with Gasteiger partial charge in [0.2, 0.25) is 15.9 Å². The van der Waals surface area contributed by atoms with E-state index in [4.69, 9.17) is 4.74 Å². The van der Waals surface area contributed by atoms with Gasteiger partial charge in [0.25, 0.3) is 0 Å². The molecule has 33 heavy (non-hydrogen) atoms. The van der Waals surface area contributed by atoms with Crippen LogP contribution in [0.5, 0.6) is 0 Å². The Balaban J connectivity index is 1.92. The van der Waals surface area contributed by atoms with Gasteiger partial charge in [-0.3, -0.25) is 4.79 Å². The molecular formula is C24H23FN2O5S. The Bertz CT molecular complexity index is 1260. The van der Waals surface area contributed by atoms with Crippen LogP contribution in [-0.4, -0.2) is 38.3 Å². The number of benzene rings is 3. The molecule has 1 amide bonds. The van der Waals surface area contributed by atoms with Crippen LogP contribution in [0.3, 0.4) is 0 Å². The van der Waals surface area contributed by atoms with E-state index in [0.717, 1.165) is 9.87 Å². The first-order chi connectivity index (χ1) is 15.7. The van der Waals surface area contributed by atoms with Crippen LogP contribution in [0.4, 0.5) is 10.1 Å². The summed E-state index contributed by atoms with van der Waals surface area (Å²) in [5.74, 6) is -1.93. The number of amides is 1. The van der Waals surface area contributed by atoms with E-state index in [-0.39, 0.29) is 28.3 Å². The molecule has 0 spiro atoms. The number of hydrogen-bond acceptors (Lipinski definition) is 5. The van der Waals surface area contributed by atoms with E-state index in [0.29, 0.717) is 0 Å². The fourth-order valence-electron chi connectivity index (χ4n) is 3.13. The van der Waals surface area contributed by atoms with Crippen LogP contribution in [-0.2, 0) is 26.1 Å². The molecule has 7 nitrogen and oxygen atoms in total. The average Bonchev–Trinajstić information content (AvgIpc) is 2.80. The second-order valence-corrected chi connectivity index (χ2v) is 9.20. The monoisotopic (exact) mass is 470 g/mol. The number of ether oxygens (including phenoxy) is 1. The molecule has 0 heterocycles. The van der Waals surface area contributed by atoms with Crippen molar-refractivity contribution in [2.75, 3.05) is 19.0 Å². The molecule has 0 unspecified atom stereocenters. The van der Waals surface area contributed by atoms with Gasteiger partial charge in [-0.15, -0.1) is 0 Å². The minimum Gasteiger partial charge on any atom is -0.465 e. The molecule has 0 aromatic heterocycles. The van der Waals surface area contributed by atoms with Crippen molar-refractivity contribution in [2.45, 2.75) is 18.4 Å². The summed E-state index contributed by atoms with van der Waals surface area (Å²) in [7, 11) is -2.92. The van der Waals surface area contributed by atoms with Crippen molar-refractivity contribution in [1.82, 2.24) is 4.31 Å². The number of carbonyl (C=O) groups is 2. The Morgan fingerprint density at radius 2 is 1.61 bits per heavy atom. The summed E-state index contributed by atoms with van der Waals surface area (Å²) in [5, 5.41) is 2.55. The van der Waals surface area contributed by atoms with Gasteiger partial charge in [0.1, 0.15) is 5.82 Å². The number of methoxy groups -OCH3 is 1. The normalized spacial score (nSPS) is 11.3. The van der Waals surface area contributed by atoms with Crippen LogP contribution in [0.2, 0.25) is 0 Å². The van der Waals surface area contributed by atoms with E-state index in [1.807, 2.05) is 6.92 Å². The van der Waals surface area contributed by atoms with E-state index in [1.165, 1.54) is 49.6 Å². The molecule has 0 atom stereocenters. The van der Waals surface area contributed by atoms with Crippen molar-refractivity contribution in [3.63, 3.8) is 0 Å². The van der Waals surface area contributed by atoms with Gasteiger partial charge in [-0.2, -0.15) is 4.31 Å². The summed E-state index contributed by atoms with van der Waals surface area (Å²) in [6.45, 7) is 0.870. The zero-order valence-corrected chi connectivity index (χ0v) is 18.9. The van der Waals surface area contributed by atoms with Gasteiger partial charge in [0, 0.05) is 12.1 Å². The predicted molar refractivity (Wildman–Crippen MR) is 122 cm³/mol. The number of carbonyl (C=O) groups excluding carboxylic acids is 2. The number of nitrogens with zero attached hydrogens (tertiary/aromatic N) is 1. The summed E-state index contributed by atoms with van der Waals surface area (Å²) >= 11 is 0. The number of aryl methyl sites for hydroxylation is 1. The first kappa shape index (κ1) is 24.1. The van der Waals surface area contributed by atoms with Gasteiger partial charge in [-0.05, 0) is 37.3 Å². The number of hydrogen-bond donors (Lipinski definition) is 1. The zero-order chi connectivity index (χ0) is 24.0. The molecule has 3 aromatic carbocycles. The third-order valence-electron chi connectivity index (χ3n) is 4.89. The number of sulfonamides is 1. The van der Waals surface area contributed by atoms with Crippen LogP contribution in [0.15, 0.2) is 77.7 Å². The molecule has 9 heteroatoms. The Kier molecular flexibility index (Phi) is 7.57. The standard InChI is InChI=1S/C24H23FN2O5S/c1-17-11-13-19(14-12-17)33(30,31)27(15-18-7-3-5-9-21(18)25)16-23(28)26-22-10-6-4-8-20(22)24(29)32-2/h3-14H,15-16H2,1-2H3,(H,26,28). The number of esters is 1. The molecular weight excluding hydrogens is 447 g/mol. The third kappa shape index (κ3) is 5.82. The summed E-state index contributed by atoms with van der Waals surface area (Å²) in [6, 6.07) is 18.1. The van der Waals surface area contributed by atoms with Gasteiger partial charge in [0.15, 0.2) is 0 Å². The van der Waals surface area contributed by atoms with Crippen molar-refractivity contribution in [1.29, 1.82) is 0 Å². The Morgan fingerprint density at radius 1 is 0.970 bits per heavy atom. The lowest BCUT2D eigenvalue weighted by Gasteiger charge is -2.22. The van der Waals surface area contributed by atoms with Gasteiger partial charge in [0.05, 0.1) is 29.8 Å². The maximum absolute atomic E-state index is 14.3. The van der Waals surface area contributed by atoms with Crippen molar-refractivity contribution in [2.24, 2.45) is 0 Å². The molecule has 0 radical (unpaired) electrons. The van der Waals surface area contributed by atoms with Crippen molar-refractivity contribution in [3.8, 4) is 0 Å². The highest BCUT2D eigenvalue weighted by atomic mass is 32.2. The van der Waals surface area contributed by atoms with Crippen LogP contribution in [0, 0.1) is 12.7 Å². The molecule has 0 fully saturated rings. The van der Waals surface area contributed by atoms with Crippen LogP contribution in [0.1, 0.15) is 21.5 Å². The Morgan fingerprint density at radius 3 is 2.27 bits per heavy atom. The maximum Gasteiger partial charge on any atom is 0.339 e. The lowest BCUT2D eigenvalue weighted by atomic mass is 10.2. The zero-order valence-electron chi connectivity index (χ0n) is 18.1. The van der Waals surface area contributed by atoms with Crippen molar-refractivity contribution >= 4 is 27.6 Å². The molecule has 3 aromatic rings. The smallest absolute Gasteiger partial charge is 0.339 e. The number of nitrogens with one attached hydrogen (secondary N) is 1. The molecule has 0 saturated carbocycles. The van der Waals surface area contributed by atoms with E-state index >= 15 is 0 Å². The highest BCUT2D eigenvalue weighted by Crippen LogP contribution is 2.21. The van der Waals surface area contributed by atoms with Gasteiger partial charge >= 0.3 is 5.97 Å². The average molecular weight is 471 g/mol. The fraction of sp³-hybridized carbons (Fsp3) is 0.167. The van der Waals surface area contributed by atoms with Crippen LogP contribution < -0.4 is 5.32 Å². The molecule has 1 N–H and O–H groups in total. The van der Waals surface area contributed by atoms with Crippen molar-refractivity contribution < 1.29 is 27.1 Å². The largest absolute Gasteiger partial charge is 0.465 e.